The molecule has 5 aromatic rings. The fourth-order valence-corrected chi connectivity index (χ4v) is 5.83. The van der Waals surface area contributed by atoms with Crippen molar-refractivity contribution < 1.29 is 41.7 Å². The van der Waals surface area contributed by atoms with Crippen molar-refractivity contribution in [3.8, 4) is 5.75 Å². The van der Waals surface area contributed by atoms with E-state index in [0.29, 0.717) is 48.5 Å². The molecular weight excluding hydrogens is 664 g/mol. The highest BCUT2D eigenvalue weighted by Crippen LogP contribution is 2.38. The van der Waals surface area contributed by atoms with E-state index in [0.717, 1.165) is 31.6 Å². The minimum absolute atomic E-state index is 0.0128. The van der Waals surface area contributed by atoms with Crippen LogP contribution in [0.4, 0.5) is 29.1 Å². The van der Waals surface area contributed by atoms with Crippen LogP contribution < -0.4 is 10.1 Å². The monoisotopic (exact) mass is 688 g/mol. The minimum Gasteiger partial charge on any atom is -0.487 e. The molecule has 0 unspecified atom stereocenters. The first-order chi connectivity index (χ1) is 22.5. The van der Waals surface area contributed by atoms with E-state index in [-0.39, 0.29) is 18.3 Å². The Balaban J connectivity index is 0.000000559. The Morgan fingerprint density at radius 1 is 1.09 bits per heavy atom. The molecule has 1 aliphatic rings. The summed E-state index contributed by atoms with van der Waals surface area (Å²) in [6.45, 7) is 2.58. The van der Waals surface area contributed by atoms with Crippen molar-refractivity contribution in [3.05, 3.63) is 95.0 Å². The summed E-state index contributed by atoms with van der Waals surface area (Å²) in [6.07, 6.45) is -0.103. The Kier molecular flexibility index (Phi) is 10.5. The molecule has 0 aliphatic carbocycles. The minimum atomic E-state index is -5.08. The van der Waals surface area contributed by atoms with Crippen molar-refractivity contribution in [1.29, 1.82) is 0 Å². The number of aromatic nitrogens is 2. The first-order valence-electron chi connectivity index (χ1n) is 13.9. The number of amides is 1. The SMILES string of the molecule is O=C(/C=C/c1ccc2c(c1)sc1ncnc(Nc3ccc(OCc4cccc(F)c4)c(Cl)c3)c12)N1CCOCC1.O=C(O)C(F)(F)F. The average molecular weight is 689 g/mol. The van der Waals surface area contributed by atoms with Crippen LogP contribution >= 0.6 is 22.9 Å². The lowest BCUT2D eigenvalue weighted by Crippen LogP contribution is -2.39. The summed E-state index contributed by atoms with van der Waals surface area (Å²) in [5.41, 5.74) is 2.39. The number of benzene rings is 3. The predicted octanol–water partition coefficient (Wildman–Crippen LogP) is 7.46. The molecule has 2 aromatic heterocycles. The Hall–Kier alpha value is -4.79. The van der Waals surface area contributed by atoms with Gasteiger partial charge in [0.1, 0.15) is 35.1 Å². The molecule has 2 N–H and O–H groups in total. The number of rotatable bonds is 7. The van der Waals surface area contributed by atoms with Gasteiger partial charge in [-0.15, -0.1) is 11.3 Å². The number of aliphatic carboxylic acids is 1. The highest BCUT2D eigenvalue weighted by Gasteiger charge is 2.38. The Bertz CT molecular complexity index is 1950. The maximum atomic E-state index is 13.4. The molecule has 0 bridgehead atoms. The van der Waals surface area contributed by atoms with Gasteiger partial charge in [0.25, 0.3) is 0 Å². The van der Waals surface area contributed by atoms with Crippen molar-refractivity contribution in [3.63, 3.8) is 0 Å². The van der Waals surface area contributed by atoms with E-state index in [1.807, 2.05) is 24.3 Å². The summed E-state index contributed by atoms with van der Waals surface area (Å²) in [6, 6.07) is 17.7. The van der Waals surface area contributed by atoms with Gasteiger partial charge in [-0.05, 0) is 53.6 Å². The summed E-state index contributed by atoms with van der Waals surface area (Å²) < 4.78 is 57.3. The molecular formula is C32H25ClF4N4O5S. The van der Waals surface area contributed by atoms with E-state index in [1.54, 1.807) is 46.6 Å². The number of anilines is 2. The molecule has 1 aliphatic heterocycles. The quantitative estimate of drug-likeness (QED) is 0.134. The van der Waals surface area contributed by atoms with Crippen LogP contribution in [0.15, 0.2) is 73.1 Å². The zero-order valence-corrected chi connectivity index (χ0v) is 25.8. The molecule has 0 spiro atoms. The number of carboxylic acid groups (broad SMARTS) is 1. The smallest absolute Gasteiger partial charge is 0.487 e. The van der Waals surface area contributed by atoms with Gasteiger partial charge in [-0.25, -0.2) is 19.2 Å². The Labute approximate surface area is 274 Å². The lowest BCUT2D eigenvalue weighted by atomic mass is 10.1. The largest absolute Gasteiger partial charge is 0.490 e. The summed E-state index contributed by atoms with van der Waals surface area (Å²) in [4.78, 5) is 33.0. The standard InChI is InChI=1S/C30H24ClFN4O3S.C2HF3O2/c31-24-16-22(6-8-25(24)39-17-20-2-1-3-21(32)14-20)35-29-28-23-7-4-19(15-26(23)40-30(28)34-18-33-29)5-9-27(37)36-10-12-38-13-11-36;3-2(4,5)1(6)7/h1-9,14-16,18H,10-13,17H2,(H,33,34,35);(H,6,7)/b9-5+;. The number of carboxylic acids is 1. The summed E-state index contributed by atoms with van der Waals surface area (Å²) in [5.74, 6) is -1.92. The van der Waals surface area contributed by atoms with Crippen LogP contribution in [0, 0.1) is 5.82 Å². The van der Waals surface area contributed by atoms with Crippen molar-refractivity contribution in [2.24, 2.45) is 0 Å². The zero-order chi connectivity index (χ0) is 33.6. The normalized spacial score (nSPS) is 13.4. The van der Waals surface area contributed by atoms with Gasteiger partial charge in [-0.2, -0.15) is 13.2 Å². The molecule has 15 heteroatoms. The van der Waals surface area contributed by atoms with Crippen molar-refractivity contribution in [1.82, 2.24) is 14.9 Å². The molecule has 3 aromatic carbocycles. The number of hydrogen-bond acceptors (Lipinski definition) is 8. The van der Waals surface area contributed by atoms with Crippen LogP contribution in [0.2, 0.25) is 5.02 Å². The van der Waals surface area contributed by atoms with Crippen LogP contribution in [0.5, 0.6) is 5.75 Å². The number of carbonyl (C=O) groups is 2. The third-order valence-corrected chi connectivity index (χ3v) is 8.11. The number of nitrogens with one attached hydrogen (secondary N) is 1. The summed E-state index contributed by atoms with van der Waals surface area (Å²) in [7, 11) is 0. The highest BCUT2D eigenvalue weighted by molar-refractivity contribution is 7.25. The van der Waals surface area contributed by atoms with E-state index in [1.165, 1.54) is 18.5 Å². The van der Waals surface area contributed by atoms with Crippen LogP contribution in [0.25, 0.3) is 26.4 Å². The van der Waals surface area contributed by atoms with Crippen molar-refractivity contribution in [2.75, 3.05) is 31.6 Å². The lowest BCUT2D eigenvalue weighted by Gasteiger charge is -2.25. The number of carbonyl (C=O) groups excluding carboxylic acids is 1. The van der Waals surface area contributed by atoms with Gasteiger partial charge in [0, 0.05) is 34.9 Å². The van der Waals surface area contributed by atoms with Crippen molar-refractivity contribution >= 4 is 72.7 Å². The van der Waals surface area contributed by atoms with E-state index in [2.05, 4.69) is 21.4 Å². The second-order valence-corrected chi connectivity index (χ2v) is 11.5. The molecule has 1 fully saturated rings. The highest BCUT2D eigenvalue weighted by atomic mass is 35.5. The first-order valence-corrected chi connectivity index (χ1v) is 15.1. The topological polar surface area (TPSA) is 114 Å². The molecule has 244 valence electrons. The van der Waals surface area contributed by atoms with Crippen LogP contribution in [-0.4, -0.2) is 64.3 Å². The molecule has 1 amide bonds. The maximum Gasteiger partial charge on any atom is 0.490 e. The molecule has 0 saturated carbocycles. The number of alkyl halides is 3. The molecule has 6 rings (SSSR count). The van der Waals surface area contributed by atoms with E-state index in [9.17, 15) is 22.4 Å². The third kappa shape index (κ3) is 8.73. The molecule has 1 saturated heterocycles. The van der Waals surface area contributed by atoms with E-state index in [4.69, 9.17) is 31.0 Å². The van der Waals surface area contributed by atoms with E-state index >= 15 is 0 Å². The molecule has 9 nitrogen and oxygen atoms in total. The number of fused-ring (bicyclic) bond motifs is 3. The number of morpholine rings is 1. The fraction of sp³-hybridized carbons (Fsp3) is 0.188. The van der Waals surface area contributed by atoms with Crippen LogP contribution in [-0.2, 0) is 20.9 Å². The average Bonchev–Trinajstić information content (AvgIpc) is 3.42. The van der Waals surface area contributed by atoms with Gasteiger partial charge in [0.2, 0.25) is 5.91 Å². The van der Waals surface area contributed by atoms with E-state index < -0.39 is 12.1 Å². The number of ether oxygens (including phenoxy) is 2. The molecule has 3 heterocycles. The van der Waals surface area contributed by atoms with Gasteiger partial charge >= 0.3 is 12.1 Å². The lowest BCUT2D eigenvalue weighted by molar-refractivity contribution is -0.192. The Morgan fingerprint density at radius 3 is 2.55 bits per heavy atom. The Morgan fingerprint density at radius 2 is 1.85 bits per heavy atom. The third-order valence-electron chi connectivity index (χ3n) is 6.76. The number of hydrogen-bond donors (Lipinski definition) is 2. The van der Waals surface area contributed by atoms with Gasteiger partial charge < -0.3 is 24.8 Å². The number of nitrogens with zero attached hydrogens (tertiary/aromatic N) is 3. The molecule has 47 heavy (non-hydrogen) atoms. The maximum absolute atomic E-state index is 13.4. The predicted molar refractivity (Wildman–Crippen MR) is 171 cm³/mol. The van der Waals surface area contributed by atoms with Gasteiger partial charge in [-0.3, -0.25) is 4.79 Å². The first kappa shape index (κ1) is 33.6. The second-order valence-electron chi connectivity index (χ2n) is 10.0. The number of thiophene rings is 1. The second kappa shape index (κ2) is 14.8. The van der Waals surface area contributed by atoms with Gasteiger partial charge in [0.05, 0.1) is 23.6 Å². The fourth-order valence-electron chi connectivity index (χ4n) is 4.50. The zero-order valence-electron chi connectivity index (χ0n) is 24.3. The number of halogens is 5. The molecule has 0 atom stereocenters. The van der Waals surface area contributed by atoms with Crippen LogP contribution in [0.3, 0.4) is 0 Å². The summed E-state index contributed by atoms with van der Waals surface area (Å²) >= 11 is 8.06. The van der Waals surface area contributed by atoms with Crippen molar-refractivity contribution in [2.45, 2.75) is 12.8 Å². The summed E-state index contributed by atoms with van der Waals surface area (Å²) in [5, 5.41) is 12.8. The molecule has 0 radical (unpaired) electrons. The van der Waals surface area contributed by atoms with Crippen LogP contribution in [0.1, 0.15) is 11.1 Å². The van der Waals surface area contributed by atoms with Gasteiger partial charge in [0.15, 0.2) is 0 Å². The van der Waals surface area contributed by atoms with Gasteiger partial charge in [-0.1, -0.05) is 35.9 Å².